The van der Waals surface area contributed by atoms with E-state index in [4.69, 9.17) is 23.2 Å². The Morgan fingerprint density at radius 2 is 1.86 bits per heavy atom. The third-order valence-electron chi connectivity index (χ3n) is 2.66. The van der Waals surface area contributed by atoms with Gasteiger partial charge in [-0.25, -0.2) is 4.68 Å². The Hall–Kier alpha value is -2.12. The second-order valence-electron chi connectivity index (χ2n) is 4.35. The third kappa shape index (κ3) is 4.19. The molecule has 0 saturated carbocycles. The van der Waals surface area contributed by atoms with Gasteiger partial charge in [-0.1, -0.05) is 41.4 Å². The molecule has 2 rings (SSSR count). The fourth-order valence-electron chi connectivity index (χ4n) is 1.61. The molecule has 9 heteroatoms. The molecule has 0 radical (unpaired) electrons. The van der Waals surface area contributed by atoms with Crippen LogP contribution in [0.15, 0.2) is 24.4 Å². The lowest BCUT2D eigenvalue weighted by Crippen LogP contribution is -2.19. The summed E-state index contributed by atoms with van der Waals surface area (Å²) in [6.07, 6.45) is 1.79. The number of carbonyl (C=O) groups excluding carboxylic acids is 2. The van der Waals surface area contributed by atoms with Gasteiger partial charge in [0, 0.05) is 6.42 Å². The number of hydrogen-bond donors (Lipinski definition) is 2. The summed E-state index contributed by atoms with van der Waals surface area (Å²) in [6, 6.07) is 4.92. The summed E-state index contributed by atoms with van der Waals surface area (Å²) in [7, 11) is 0. The molecule has 1 aromatic carbocycles. The van der Waals surface area contributed by atoms with Crippen LogP contribution in [0.2, 0.25) is 10.0 Å². The van der Waals surface area contributed by atoms with E-state index in [1.165, 1.54) is 10.9 Å². The zero-order valence-electron chi connectivity index (χ0n) is 11.6. The van der Waals surface area contributed by atoms with Crippen LogP contribution in [-0.2, 0) is 16.1 Å². The first-order valence-electron chi connectivity index (χ1n) is 6.43. The molecule has 1 heterocycles. The summed E-state index contributed by atoms with van der Waals surface area (Å²) < 4.78 is 1.30. The highest BCUT2D eigenvalue weighted by Gasteiger charge is 2.11. The van der Waals surface area contributed by atoms with Gasteiger partial charge < -0.3 is 10.6 Å². The number of amides is 2. The number of hydrogen-bond acceptors (Lipinski definition) is 4. The number of aromatic nitrogens is 3. The molecule has 2 aromatic rings. The Labute approximate surface area is 136 Å². The highest BCUT2D eigenvalue weighted by atomic mass is 35.5. The molecule has 2 amide bonds. The van der Waals surface area contributed by atoms with E-state index in [2.05, 4.69) is 20.9 Å². The smallest absolute Gasteiger partial charge is 0.246 e. The molecule has 0 aliphatic carbocycles. The maximum Gasteiger partial charge on any atom is 0.246 e. The summed E-state index contributed by atoms with van der Waals surface area (Å²) in [4.78, 5) is 23.2. The number of halogens is 2. The molecule has 0 fully saturated rings. The van der Waals surface area contributed by atoms with Gasteiger partial charge in [0.15, 0.2) is 5.82 Å². The van der Waals surface area contributed by atoms with E-state index >= 15 is 0 Å². The Balaban J connectivity index is 1.99. The van der Waals surface area contributed by atoms with Gasteiger partial charge in [-0.05, 0) is 12.1 Å². The SMILES string of the molecule is CCC(=O)Nc1cn(CC(=O)Nc2c(Cl)cccc2Cl)nn1. The quantitative estimate of drug-likeness (QED) is 0.874. The maximum absolute atomic E-state index is 12.0. The van der Waals surface area contributed by atoms with Crippen LogP contribution < -0.4 is 10.6 Å². The van der Waals surface area contributed by atoms with Crippen molar-refractivity contribution in [1.29, 1.82) is 0 Å². The lowest BCUT2D eigenvalue weighted by atomic mass is 10.3. The standard InChI is InChI=1S/C13H13Cl2N5O2/c1-2-11(21)16-10-6-20(19-18-10)7-12(22)17-13-8(14)4-3-5-9(13)15/h3-6H,2,7H2,1H3,(H,16,21)(H,17,22). The van der Waals surface area contributed by atoms with Gasteiger partial charge in [0.25, 0.3) is 0 Å². The second kappa shape index (κ2) is 7.24. The Morgan fingerprint density at radius 3 is 2.50 bits per heavy atom. The van der Waals surface area contributed by atoms with Crippen molar-refractivity contribution in [2.24, 2.45) is 0 Å². The normalized spacial score (nSPS) is 10.3. The van der Waals surface area contributed by atoms with Gasteiger partial charge in [-0.2, -0.15) is 0 Å². The van der Waals surface area contributed by atoms with Gasteiger partial charge in [-0.3, -0.25) is 9.59 Å². The molecule has 0 bridgehead atoms. The molecule has 7 nitrogen and oxygen atoms in total. The van der Waals surface area contributed by atoms with Crippen LogP contribution in [0.3, 0.4) is 0 Å². The molecule has 0 unspecified atom stereocenters. The zero-order valence-corrected chi connectivity index (χ0v) is 13.1. The lowest BCUT2D eigenvalue weighted by molar-refractivity contribution is -0.117. The number of carbonyl (C=O) groups is 2. The topological polar surface area (TPSA) is 88.9 Å². The van der Waals surface area contributed by atoms with Crippen LogP contribution in [0.5, 0.6) is 0 Å². The molecule has 0 saturated heterocycles. The van der Waals surface area contributed by atoms with Gasteiger partial charge in [-0.15, -0.1) is 5.10 Å². The van der Waals surface area contributed by atoms with Crippen molar-refractivity contribution in [1.82, 2.24) is 15.0 Å². The van der Waals surface area contributed by atoms with Crippen LogP contribution >= 0.6 is 23.2 Å². The summed E-state index contributed by atoms with van der Waals surface area (Å²) >= 11 is 11.9. The number of nitrogens with zero attached hydrogens (tertiary/aromatic N) is 3. The minimum Gasteiger partial charge on any atom is -0.322 e. The summed E-state index contributed by atoms with van der Waals surface area (Å²) in [5.41, 5.74) is 0.343. The number of para-hydroxylation sites is 1. The highest BCUT2D eigenvalue weighted by Crippen LogP contribution is 2.29. The number of rotatable bonds is 5. The van der Waals surface area contributed by atoms with Crippen molar-refractivity contribution in [2.75, 3.05) is 10.6 Å². The third-order valence-corrected chi connectivity index (χ3v) is 3.29. The lowest BCUT2D eigenvalue weighted by Gasteiger charge is -2.08. The average molecular weight is 342 g/mol. The number of anilines is 2. The molecule has 2 N–H and O–H groups in total. The van der Waals surface area contributed by atoms with Gasteiger partial charge >= 0.3 is 0 Å². The fraction of sp³-hybridized carbons (Fsp3) is 0.231. The molecular weight excluding hydrogens is 329 g/mol. The minimum absolute atomic E-state index is 0.0868. The van der Waals surface area contributed by atoms with Crippen molar-refractivity contribution < 1.29 is 9.59 Å². The van der Waals surface area contributed by atoms with Gasteiger partial charge in [0.1, 0.15) is 6.54 Å². The Kier molecular flexibility index (Phi) is 5.35. The zero-order chi connectivity index (χ0) is 16.1. The van der Waals surface area contributed by atoms with E-state index in [-0.39, 0.29) is 24.2 Å². The molecule has 0 aliphatic heterocycles. The van der Waals surface area contributed by atoms with Crippen molar-refractivity contribution in [2.45, 2.75) is 19.9 Å². The van der Waals surface area contributed by atoms with E-state index in [1.807, 2.05) is 0 Å². The van der Waals surface area contributed by atoms with E-state index in [0.29, 0.717) is 22.2 Å². The van der Waals surface area contributed by atoms with Crippen LogP contribution in [0.1, 0.15) is 13.3 Å². The monoisotopic (exact) mass is 341 g/mol. The van der Waals surface area contributed by atoms with Crippen LogP contribution in [0, 0.1) is 0 Å². The van der Waals surface area contributed by atoms with Crippen molar-refractivity contribution in [3.8, 4) is 0 Å². The van der Waals surface area contributed by atoms with Crippen LogP contribution in [-0.4, -0.2) is 26.8 Å². The fourth-order valence-corrected chi connectivity index (χ4v) is 2.10. The van der Waals surface area contributed by atoms with Crippen LogP contribution in [0.25, 0.3) is 0 Å². The van der Waals surface area contributed by atoms with E-state index in [1.54, 1.807) is 25.1 Å². The van der Waals surface area contributed by atoms with Crippen LogP contribution in [0.4, 0.5) is 11.5 Å². The van der Waals surface area contributed by atoms with Crippen molar-refractivity contribution in [3.05, 3.63) is 34.4 Å². The second-order valence-corrected chi connectivity index (χ2v) is 5.16. The van der Waals surface area contributed by atoms with E-state index in [9.17, 15) is 9.59 Å². The first kappa shape index (κ1) is 16.3. The molecule has 0 atom stereocenters. The number of benzene rings is 1. The predicted molar refractivity (Wildman–Crippen MR) is 84.0 cm³/mol. The molecule has 1 aromatic heterocycles. The van der Waals surface area contributed by atoms with E-state index in [0.717, 1.165) is 0 Å². The van der Waals surface area contributed by atoms with Gasteiger partial charge in [0.2, 0.25) is 11.8 Å². The van der Waals surface area contributed by atoms with Crippen molar-refractivity contribution in [3.63, 3.8) is 0 Å². The maximum atomic E-state index is 12.0. The summed E-state index contributed by atoms with van der Waals surface area (Å²) in [6.45, 7) is 1.64. The van der Waals surface area contributed by atoms with Crippen molar-refractivity contribution >= 4 is 46.5 Å². The summed E-state index contributed by atoms with van der Waals surface area (Å²) in [5, 5.41) is 13.3. The largest absolute Gasteiger partial charge is 0.322 e. The molecule has 0 aliphatic rings. The molecular formula is C13H13Cl2N5O2. The molecule has 0 spiro atoms. The summed E-state index contributed by atoms with van der Waals surface area (Å²) in [5.74, 6) is -0.261. The first-order chi connectivity index (χ1) is 10.5. The molecule has 22 heavy (non-hydrogen) atoms. The Morgan fingerprint density at radius 1 is 1.18 bits per heavy atom. The first-order valence-corrected chi connectivity index (χ1v) is 7.19. The minimum atomic E-state index is -0.367. The highest BCUT2D eigenvalue weighted by molar-refractivity contribution is 6.39. The van der Waals surface area contributed by atoms with Gasteiger partial charge in [0.05, 0.1) is 21.9 Å². The molecule has 116 valence electrons. The average Bonchev–Trinajstić information content (AvgIpc) is 2.90. The number of nitrogens with one attached hydrogen (secondary N) is 2. The van der Waals surface area contributed by atoms with E-state index < -0.39 is 0 Å². The predicted octanol–water partition coefficient (Wildman–Crippen LogP) is 2.57. The Bertz CT molecular complexity index is 681.